The maximum Gasteiger partial charge on any atom is 0.162 e. The number of aliphatic hydroxyl groups is 1. The molecule has 0 spiro atoms. The van der Waals surface area contributed by atoms with Crippen LogP contribution in [0.2, 0.25) is 0 Å². The lowest BCUT2D eigenvalue weighted by atomic mass is 9.85. The smallest absolute Gasteiger partial charge is 0.162 e. The molecule has 1 aliphatic rings. The molecule has 5 nitrogen and oxygen atoms in total. The van der Waals surface area contributed by atoms with E-state index in [0.717, 1.165) is 42.5 Å². The summed E-state index contributed by atoms with van der Waals surface area (Å²) in [5.41, 5.74) is 1.35. The van der Waals surface area contributed by atoms with Crippen molar-refractivity contribution in [2.24, 2.45) is 10.9 Å². The van der Waals surface area contributed by atoms with Gasteiger partial charge in [-0.15, -0.1) is 11.3 Å². The van der Waals surface area contributed by atoms with E-state index in [1.54, 1.807) is 24.3 Å². The number of aliphatic imine (C=N–C) groups is 1. The highest BCUT2D eigenvalue weighted by molar-refractivity contribution is 7.14. The van der Waals surface area contributed by atoms with Crippen LogP contribution in [-0.4, -0.2) is 22.8 Å². The minimum absolute atomic E-state index is 0.199. The van der Waals surface area contributed by atoms with Gasteiger partial charge < -0.3 is 15.5 Å². The Morgan fingerprint density at radius 1 is 1.20 bits per heavy atom. The standard InChI is InChI=1S/C19H22N2O3S/c22-11-18-16(21-12-20-14-6-8-15(23)9-7-14)10-17(25-18)19(24)13-4-2-1-3-5-13/h6-13,19,23-24H,1-5H2,(H,20,21). The first kappa shape index (κ1) is 17.6. The molecule has 1 saturated carbocycles. The topological polar surface area (TPSA) is 81.9 Å². The predicted octanol–water partition coefficient (Wildman–Crippen LogP) is 4.65. The highest BCUT2D eigenvalue weighted by Gasteiger charge is 2.25. The fourth-order valence-electron chi connectivity index (χ4n) is 3.16. The van der Waals surface area contributed by atoms with Gasteiger partial charge in [0.1, 0.15) is 5.75 Å². The fourth-order valence-corrected chi connectivity index (χ4v) is 4.16. The van der Waals surface area contributed by atoms with Crippen LogP contribution in [0.3, 0.4) is 0 Å². The molecule has 1 aromatic carbocycles. The van der Waals surface area contributed by atoms with Crippen molar-refractivity contribution in [2.45, 2.75) is 38.2 Å². The molecule has 1 atom stereocenters. The number of aldehydes is 1. The Morgan fingerprint density at radius 3 is 2.60 bits per heavy atom. The van der Waals surface area contributed by atoms with Gasteiger partial charge >= 0.3 is 0 Å². The van der Waals surface area contributed by atoms with Crippen LogP contribution in [0.1, 0.15) is 52.8 Å². The number of thiophene rings is 1. The number of anilines is 1. The summed E-state index contributed by atoms with van der Waals surface area (Å²) >= 11 is 1.32. The van der Waals surface area contributed by atoms with E-state index in [2.05, 4.69) is 10.3 Å². The van der Waals surface area contributed by atoms with E-state index < -0.39 is 6.10 Å². The molecule has 3 rings (SSSR count). The van der Waals surface area contributed by atoms with Gasteiger partial charge in [-0.1, -0.05) is 19.3 Å². The number of aliphatic hydroxyl groups excluding tert-OH is 1. The van der Waals surface area contributed by atoms with Crippen molar-refractivity contribution in [1.29, 1.82) is 0 Å². The van der Waals surface area contributed by atoms with Crippen molar-refractivity contribution in [1.82, 2.24) is 0 Å². The molecule has 1 heterocycles. The molecule has 25 heavy (non-hydrogen) atoms. The van der Waals surface area contributed by atoms with E-state index in [4.69, 9.17) is 0 Å². The van der Waals surface area contributed by atoms with Crippen molar-refractivity contribution in [3.8, 4) is 5.75 Å². The van der Waals surface area contributed by atoms with Crippen LogP contribution in [0.5, 0.6) is 5.75 Å². The number of phenols is 1. The van der Waals surface area contributed by atoms with E-state index in [0.29, 0.717) is 10.6 Å². The van der Waals surface area contributed by atoms with Crippen LogP contribution in [0.25, 0.3) is 0 Å². The molecule has 2 aromatic rings. The quantitative estimate of drug-likeness (QED) is 0.304. The molecule has 1 aliphatic carbocycles. The van der Waals surface area contributed by atoms with Gasteiger partial charge in [0, 0.05) is 10.6 Å². The highest BCUT2D eigenvalue weighted by Crippen LogP contribution is 2.39. The maximum absolute atomic E-state index is 11.3. The minimum atomic E-state index is -0.516. The van der Waals surface area contributed by atoms with Crippen LogP contribution in [-0.2, 0) is 0 Å². The van der Waals surface area contributed by atoms with Gasteiger partial charge in [-0.05, 0) is 49.1 Å². The lowest BCUT2D eigenvalue weighted by Crippen LogP contribution is -2.14. The summed E-state index contributed by atoms with van der Waals surface area (Å²) in [6.45, 7) is 0. The van der Waals surface area contributed by atoms with Crippen LogP contribution in [0.4, 0.5) is 11.4 Å². The number of nitrogens with zero attached hydrogens (tertiary/aromatic N) is 1. The summed E-state index contributed by atoms with van der Waals surface area (Å²) in [7, 11) is 0. The summed E-state index contributed by atoms with van der Waals surface area (Å²) in [5, 5.41) is 22.9. The van der Waals surface area contributed by atoms with Gasteiger partial charge in [-0.3, -0.25) is 4.79 Å². The zero-order chi connectivity index (χ0) is 17.6. The lowest BCUT2D eigenvalue weighted by molar-refractivity contribution is 0.0879. The summed E-state index contributed by atoms with van der Waals surface area (Å²) < 4.78 is 0. The number of hydrogen-bond acceptors (Lipinski definition) is 5. The number of nitrogens with one attached hydrogen (secondary N) is 1. The molecule has 132 valence electrons. The number of benzene rings is 1. The Bertz CT molecular complexity index is 734. The van der Waals surface area contributed by atoms with Crippen molar-refractivity contribution < 1.29 is 15.0 Å². The summed E-state index contributed by atoms with van der Waals surface area (Å²) in [6.07, 6.45) is 7.43. The van der Waals surface area contributed by atoms with E-state index in [1.807, 2.05) is 6.07 Å². The molecule has 0 radical (unpaired) electrons. The Hall–Kier alpha value is -2.18. The van der Waals surface area contributed by atoms with Gasteiger partial charge in [0.15, 0.2) is 6.29 Å². The van der Waals surface area contributed by atoms with Crippen molar-refractivity contribution in [3.05, 3.63) is 40.1 Å². The zero-order valence-electron chi connectivity index (χ0n) is 13.9. The van der Waals surface area contributed by atoms with Crippen LogP contribution in [0, 0.1) is 5.92 Å². The fraction of sp³-hybridized carbons (Fsp3) is 0.368. The van der Waals surface area contributed by atoms with Gasteiger partial charge in [-0.2, -0.15) is 0 Å². The van der Waals surface area contributed by atoms with Crippen LogP contribution in [0.15, 0.2) is 35.3 Å². The normalized spacial score (nSPS) is 16.8. The third-order valence-corrected chi connectivity index (χ3v) is 5.68. The molecule has 1 fully saturated rings. The first-order valence-electron chi connectivity index (χ1n) is 8.52. The van der Waals surface area contributed by atoms with E-state index in [1.165, 1.54) is 24.1 Å². The monoisotopic (exact) mass is 358 g/mol. The average molecular weight is 358 g/mol. The molecule has 3 N–H and O–H groups in total. The van der Waals surface area contributed by atoms with Gasteiger partial charge in [0.05, 0.1) is 23.0 Å². The van der Waals surface area contributed by atoms with Gasteiger partial charge in [0.2, 0.25) is 0 Å². The predicted molar refractivity (Wildman–Crippen MR) is 101 cm³/mol. The Labute approximate surface area is 151 Å². The second-order valence-corrected chi connectivity index (χ2v) is 7.42. The van der Waals surface area contributed by atoms with E-state index in [9.17, 15) is 15.0 Å². The number of hydrogen-bond donors (Lipinski definition) is 3. The molecule has 0 aliphatic heterocycles. The molecular formula is C19H22N2O3S. The molecule has 0 bridgehead atoms. The molecule has 0 saturated heterocycles. The number of carbonyl (C=O) groups excluding carboxylic acids is 1. The van der Waals surface area contributed by atoms with Crippen LogP contribution >= 0.6 is 11.3 Å². The second-order valence-electron chi connectivity index (χ2n) is 6.31. The Balaban J connectivity index is 1.70. The minimum Gasteiger partial charge on any atom is -0.508 e. The Morgan fingerprint density at radius 2 is 1.92 bits per heavy atom. The largest absolute Gasteiger partial charge is 0.508 e. The maximum atomic E-state index is 11.3. The molecular weight excluding hydrogens is 336 g/mol. The van der Waals surface area contributed by atoms with E-state index >= 15 is 0 Å². The highest BCUT2D eigenvalue weighted by atomic mass is 32.1. The third-order valence-electron chi connectivity index (χ3n) is 4.56. The first-order valence-corrected chi connectivity index (χ1v) is 9.34. The van der Waals surface area contributed by atoms with Crippen LogP contribution < -0.4 is 5.32 Å². The van der Waals surface area contributed by atoms with E-state index in [-0.39, 0.29) is 11.7 Å². The number of carbonyl (C=O) groups is 1. The second kappa shape index (κ2) is 8.27. The SMILES string of the molecule is O=Cc1sc(C(O)C2CCCCC2)cc1/N=C\Nc1ccc(O)cc1. The number of aromatic hydroxyl groups is 1. The molecule has 6 heteroatoms. The molecule has 1 aromatic heterocycles. The summed E-state index contributed by atoms with van der Waals surface area (Å²) in [4.78, 5) is 17.0. The zero-order valence-corrected chi connectivity index (χ0v) is 14.7. The first-order chi connectivity index (χ1) is 12.2. The van der Waals surface area contributed by atoms with Gasteiger partial charge in [0.25, 0.3) is 0 Å². The average Bonchev–Trinajstić information content (AvgIpc) is 3.06. The lowest BCUT2D eigenvalue weighted by Gasteiger charge is -2.25. The van der Waals surface area contributed by atoms with Crippen molar-refractivity contribution in [3.63, 3.8) is 0 Å². The molecule has 0 amide bonds. The number of phenolic OH excluding ortho intramolecular Hbond substituents is 1. The third kappa shape index (κ3) is 4.46. The summed E-state index contributed by atoms with van der Waals surface area (Å²) in [5.74, 6) is 0.476. The molecule has 1 unspecified atom stereocenters. The van der Waals surface area contributed by atoms with Crippen molar-refractivity contribution in [2.75, 3.05) is 5.32 Å². The van der Waals surface area contributed by atoms with Crippen molar-refractivity contribution >= 4 is 35.3 Å². The van der Waals surface area contributed by atoms with Gasteiger partial charge in [-0.25, -0.2) is 4.99 Å². The Kier molecular flexibility index (Phi) is 5.83. The number of rotatable bonds is 6. The summed E-state index contributed by atoms with van der Waals surface area (Å²) in [6, 6.07) is 8.43.